The molecule has 0 aromatic heterocycles. The van der Waals surface area contributed by atoms with Gasteiger partial charge in [0.05, 0.1) is 0 Å². The molecule has 1 nitrogen and oxygen atoms in total. The van der Waals surface area contributed by atoms with Gasteiger partial charge in [-0.05, 0) is 136 Å². The lowest BCUT2D eigenvalue weighted by atomic mass is 9.80. The van der Waals surface area contributed by atoms with Gasteiger partial charge in [0.2, 0.25) is 0 Å². The fraction of sp³-hybridized carbons (Fsp3) is 0.294. The molecular weight excluding hydrogens is 627 g/mol. The first-order chi connectivity index (χ1) is 25.5. The molecule has 0 amide bonds. The second-order valence-electron chi connectivity index (χ2n) is 16.2. The summed E-state index contributed by atoms with van der Waals surface area (Å²) in [7, 11) is 0. The Hall–Kier alpha value is -4.88. The first-order valence-corrected chi connectivity index (χ1v) is 20.0. The van der Waals surface area contributed by atoms with Crippen molar-refractivity contribution < 1.29 is 0 Å². The van der Waals surface area contributed by atoms with Gasteiger partial charge in [-0.3, -0.25) is 0 Å². The summed E-state index contributed by atoms with van der Waals surface area (Å²) in [6, 6.07) is 53.2. The van der Waals surface area contributed by atoms with Crippen LogP contribution in [-0.4, -0.2) is 0 Å². The second kappa shape index (κ2) is 13.9. The number of hydrogen-bond acceptors (Lipinski definition) is 1. The minimum absolute atomic E-state index is 0.170. The number of nitrogens with zero attached hydrogens (tertiary/aromatic N) is 1. The van der Waals surface area contributed by atoms with E-state index < -0.39 is 0 Å². The molecule has 3 aliphatic carbocycles. The maximum absolute atomic E-state index is 2.52. The van der Waals surface area contributed by atoms with Gasteiger partial charge < -0.3 is 4.90 Å². The highest BCUT2D eigenvalue weighted by atomic mass is 15.1. The smallest absolute Gasteiger partial charge is 0.0471 e. The quantitative estimate of drug-likeness (QED) is 0.163. The predicted octanol–water partition coefficient (Wildman–Crippen LogP) is 14.9. The summed E-state index contributed by atoms with van der Waals surface area (Å²) < 4.78 is 0. The van der Waals surface area contributed by atoms with E-state index in [1.54, 1.807) is 0 Å². The second-order valence-corrected chi connectivity index (χ2v) is 16.2. The minimum atomic E-state index is -0.170. The zero-order valence-electron chi connectivity index (χ0n) is 31.0. The third-order valence-electron chi connectivity index (χ3n) is 12.7. The van der Waals surface area contributed by atoms with Crippen LogP contribution in [0.15, 0.2) is 140 Å². The molecule has 52 heavy (non-hydrogen) atoms. The number of anilines is 3. The van der Waals surface area contributed by atoms with Crippen LogP contribution in [0.5, 0.6) is 0 Å². The van der Waals surface area contributed by atoms with Crippen molar-refractivity contribution in [3.05, 3.63) is 162 Å². The zero-order chi connectivity index (χ0) is 35.1. The molecule has 2 saturated carbocycles. The Balaban J connectivity index is 1.20. The fourth-order valence-corrected chi connectivity index (χ4v) is 9.73. The summed E-state index contributed by atoms with van der Waals surface area (Å²) >= 11 is 0. The van der Waals surface area contributed by atoms with E-state index in [-0.39, 0.29) is 5.41 Å². The van der Waals surface area contributed by atoms with E-state index in [0.29, 0.717) is 11.8 Å². The van der Waals surface area contributed by atoms with E-state index in [2.05, 4.69) is 158 Å². The highest BCUT2D eigenvalue weighted by Gasteiger charge is 2.38. The van der Waals surface area contributed by atoms with Crippen LogP contribution in [0.3, 0.4) is 0 Å². The van der Waals surface area contributed by atoms with Crippen LogP contribution in [0.1, 0.15) is 112 Å². The van der Waals surface area contributed by atoms with Gasteiger partial charge in [0.1, 0.15) is 0 Å². The summed E-state index contributed by atoms with van der Waals surface area (Å²) in [5.74, 6) is 1.38. The van der Waals surface area contributed by atoms with E-state index in [1.165, 1.54) is 137 Å². The van der Waals surface area contributed by atoms with Gasteiger partial charge in [-0.15, -0.1) is 0 Å². The largest absolute Gasteiger partial charge is 0.310 e. The lowest BCUT2D eigenvalue weighted by Crippen LogP contribution is -2.17. The molecule has 9 rings (SSSR count). The van der Waals surface area contributed by atoms with E-state index in [0.717, 1.165) is 0 Å². The van der Waals surface area contributed by atoms with Gasteiger partial charge in [-0.2, -0.15) is 0 Å². The summed E-state index contributed by atoms with van der Waals surface area (Å²) in [6.45, 7) is 4.85. The Kier molecular flexibility index (Phi) is 8.83. The standard InChI is InChI=1S/C51H51N/c1-51(2)48-33-42(38-19-11-5-12-20-38)27-32-46(48)50-47(41-21-13-6-14-22-41)34-45(35-49(50)51)52(43-28-23-39(24-29-43)36-15-7-3-8-16-36)44-30-25-40(26-31-44)37-17-9-4-10-18-37/h5-6,11-14,19-37H,3-4,7-10,15-18H2,1-2H3. The Bertz CT molecular complexity index is 2080. The number of rotatable bonds is 7. The molecule has 0 heterocycles. The predicted molar refractivity (Wildman–Crippen MR) is 221 cm³/mol. The number of fused-ring (bicyclic) bond motifs is 3. The maximum atomic E-state index is 2.52. The van der Waals surface area contributed by atoms with Crippen molar-refractivity contribution >= 4 is 17.1 Å². The van der Waals surface area contributed by atoms with E-state index >= 15 is 0 Å². The van der Waals surface area contributed by atoms with Crippen LogP contribution in [0.25, 0.3) is 33.4 Å². The van der Waals surface area contributed by atoms with Crippen molar-refractivity contribution in [2.45, 2.75) is 95.3 Å². The summed E-state index contributed by atoms with van der Waals surface area (Å²) in [6.07, 6.45) is 13.5. The van der Waals surface area contributed by atoms with E-state index in [9.17, 15) is 0 Å². The van der Waals surface area contributed by atoms with Crippen molar-refractivity contribution in [3.63, 3.8) is 0 Å². The molecule has 6 aromatic rings. The lowest BCUT2D eigenvalue weighted by Gasteiger charge is -2.30. The molecule has 0 unspecified atom stereocenters. The third kappa shape index (κ3) is 6.09. The molecule has 0 atom stereocenters. The van der Waals surface area contributed by atoms with E-state index in [4.69, 9.17) is 0 Å². The van der Waals surface area contributed by atoms with Gasteiger partial charge >= 0.3 is 0 Å². The molecule has 3 aliphatic rings. The Morgan fingerprint density at radius 2 is 0.942 bits per heavy atom. The van der Waals surface area contributed by atoms with Gasteiger partial charge in [-0.1, -0.05) is 149 Å². The fourth-order valence-electron chi connectivity index (χ4n) is 9.73. The Morgan fingerprint density at radius 1 is 0.423 bits per heavy atom. The van der Waals surface area contributed by atoms with E-state index in [1.807, 2.05) is 0 Å². The van der Waals surface area contributed by atoms with Gasteiger partial charge in [-0.25, -0.2) is 0 Å². The molecule has 0 N–H and O–H groups in total. The molecule has 260 valence electrons. The van der Waals surface area contributed by atoms with Crippen LogP contribution >= 0.6 is 0 Å². The molecule has 2 fully saturated rings. The molecular formula is C51H51N. The van der Waals surface area contributed by atoms with Crippen LogP contribution < -0.4 is 4.90 Å². The molecule has 0 aliphatic heterocycles. The maximum Gasteiger partial charge on any atom is 0.0471 e. The molecule has 6 aromatic carbocycles. The molecule has 0 radical (unpaired) electrons. The first-order valence-electron chi connectivity index (χ1n) is 20.0. The average molecular weight is 678 g/mol. The lowest BCUT2D eigenvalue weighted by molar-refractivity contribution is 0.443. The third-order valence-corrected chi connectivity index (χ3v) is 12.7. The van der Waals surface area contributed by atoms with Crippen molar-refractivity contribution in [3.8, 4) is 33.4 Å². The van der Waals surface area contributed by atoms with Gasteiger partial charge in [0.25, 0.3) is 0 Å². The normalized spacial score (nSPS) is 17.0. The minimum Gasteiger partial charge on any atom is -0.310 e. The van der Waals surface area contributed by atoms with Crippen LogP contribution in [0, 0.1) is 0 Å². The molecule has 0 spiro atoms. The SMILES string of the molecule is CC1(C)c2cc(-c3ccccc3)ccc2-c2c(-c3ccccc3)cc(N(c3ccc(C4CCCCC4)cc3)c3ccc(C4CCCCC4)cc3)cc21. The van der Waals surface area contributed by atoms with Crippen molar-refractivity contribution in [1.82, 2.24) is 0 Å². The van der Waals surface area contributed by atoms with Crippen LogP contribution in [0.2, 0.25) is 0 Å². The summed E-state index contributed by atoms with van der Waals surface area (Å²) in [4.78, 5) is 2.52. The molecule has 0 saturated heterocycles. The Labute approximate surface area is 311 Å². The van der Waals surface area contributed by atoms with Crippen LogP contribution in [-0.2, 0) is 5.41 Å². The molecule has 1 heteroatoms. The monoisotopic (exact) mass is 677 g/mol. The van der Waals surface area contributed by atoms with Gasteiger partial charge in [0, 0.05) is 22.5 Å². The van der Waals surface area contributed by atoms with Crippen molar-refractivity contribution in [2.24, 2.45) is 0 Å². The summed E-state index contributed by atoms with van der Waals surface area (Å²) in [5.41, 5.74) is 17.1. The average Bonchev–Trinajstić information content (AvgIpc) is 3.45. The zero-order valence-corrected chi connectivity index (χ0v) is 31.0. The summed E-state index contributed by atoms with van der Waals surface area (Å²) in [5, 5.41) is 0. The highest BCUT2D eigenvalue weighted by molar-refractivity contribution is 5.96. The highest BCUT2D eigenvalue weighted by Crippen LogP contribution is 2.55. The van der Waals surface area contributed by atoms with Crippen molar-refractivity contribution in [1.29, 1.82) is 0 Å². The van der Waals surface area contributed by atoms with Gasteiger partial charge in [0.15, 0.2) is 0 Å². The Morgan fingerprint density at radius 3 is 1.48 bits per heavy atom. The first kappa shape index (κ1) is 33.0. The number of benzene rings is 6. The topological polar surface area (TPSA) is 3.24 Å². The molecule has 0 bridgehead atoms. The van der Waals surface area contributed by atoms with Crippen molar-refractivity contribution in [2.75, 3.05) is 4.90 Å². The number of hydrogen-bond donors (Lipinski definition) is 0. The van der Waals surface area contributed by atoms with Crippen LogP contribution in [0.4, 0.5) is 17.1 Å².